The summed E-state index contributed by atoms with van der Waals surface area (Å²) in [5, 5.41) is 0. The zero-order valence-corrected chi connectivity index (χ0v) is 12.0. The van der Waals surface area contributed by atoms with E-state index in [1.54, 1.807) is 0 Å². The van der Waals surface area contributed by atoms with Gasteiger partial charge < -0.3 is 14.4 Å². The van der Waals surface area contributed by atoms with Crippen molar-refractivity contribution in [3.05, 3.63) is 0 Å². The van der Waals surface area contributed by atoms with Crippen LogP contribution in [0.25, 0.3) is 0 Å². The summed E-state index contributed by atoms with van der Waals surface area (Å²) in [6.07, 6.45) is 13.0. The molecule has 1 saturated carbocycles. The Morgan fingerprint density at radius 1 is 1.11 bits per heavy atom. The molecule has 0 bridgehead atoms. The lowest BCUT2D eigenvalue weighted by Crippen LogP contribution is -2.41. The van der Waals surface area contributed by atoms with Gasteiger partial charge in [0.1, 0.15) is 6.29 Å². The molecule has 0 aromatic rings. The Morgan fingerprint density at radius 3 is 2.74 bits per heavy atom. The number of nitrogens with zero attached hydrogens (tertiary/aromatic N) is 1. The summed E-state index contributed by atoms with van der Waals surface area (Å²) < 4.78 is 6.43. The number of hydrogen-bond donors (Lipinski definition) is 0. The van der Waals surface area contributed by atoms with Crippen LogP contribution in [0.2, 0.25) is 0 Å². The largest absolute Gasteiger partial charge is 0.370 e. The van der Waals surface area contributed by atoms with E-state index in [-0.39, 0.29) is 11.5 Å². The molecule has 2 heterocycles. The number of ether oxygens (including phenoxy) is 1. The van der Waals surface area contributed by atoms with Crippen LogP contribution in [-0.4, -0.2) is 42.5 Å². The number of carbonyl (C=O) groups excluding carboxylic acids is 1. The summed E-state index contributed by atoms with van der Waals surface area (Å²) in [7, 11) is 0. The first-order valence-electron chi connectivity index (χ1n) is 8.15. The minimum Gasteiger partial charge on any atom is -0.370 e. The zero-order valence-electron chi connectivity index (χ0n) is 12.0. The van der Waals surface area contributed by atoms with Gasteiger partial charge in [0, 0.05) is 19.0 Å². The van der Waals surface area contributed by atoms with Crippen LogP contribution in [0.4, 0.5) is 0 Å². The average molecular weight is 265 g/mol. The van der Waals surface area contributed by atoms with Gasteiger partial charge in [-0.1, -0.05) is 19.3 Å². The summed E-state index contributed by atoms with van der Waals surface area (Å²) in [5.41, 5.74) is 0.239. The van der Waals surface area contributed by atoms with Gasteiger partial charge in [0.25, 0.3) is 0 Å². The van der Waals surface area contributed by atoms with Crippen LogP contribution in [-0.2, 0) is 9.53 Å². The van der Waals surface area contributed by atoms with E-state index >= 15 is 0 Å². The number of hydrogen-bond acceptors (Lipinski definition) is 3. The lowest BCUT2D eigenvalue weighted by molar-refractivity contribution is -0.113. The first-order chi connectivity index (χ1) is 9.30. The predicted molar refractivity (Wildman–Crippen MR) is 75.2 cm³/mol. The molecule has 3 rings (SSSR count). The van der Waals surface area contributed by atoms with E-state index in [0.717, 1.165) is 32.3 Å². The van der Waals surface area contributed by atoms with Gasteiger partial charge in [-0.3, -0.25) is 0 Å². The number of rotatable bonds is 3. The van der Waals surface area contributed by atoms with Gasteiger partial charge in [-0.15, -0.1) is 0 Å². The fourth-order valence-corrected chi connectivity index (χ4v) is 4.24. The highest BCUT2D eigenvalue weighted by Crippen LogP contribution is 2.42. The Balaban J connectivity index is 1.49. The van der Waals surface area contributed by atoms with Crippen molar-refractivity contribution in [3.63, 3.8) is 0 Å². The highest BCUT2D eigenvalue weighted by Gasteiger charge is 2.41. The predicted octanol–water partition coefficient (Wildman–Crippen LogP) is 2.78. The van der Waals surface area contributed by atoms with Crippen LogP contribution in [0.5, 0.6) is 0 Å². The fourth-order valence-electron chi connectivity index (χ4n) is 4.24. The molecule has 2 saturated heterocycles. The van der Waals surface area contributed by atoms with Gasteiger partial charge in [0.15, 0.2) is 0 Å². The van der Waals surface area contributed by atoms with Crippen LogP contribution >= 0.6 is 0 Å². The van der Waals surface area contributed by atoms with Crippen molar-refractivity contribution in [2.75, 3.05) is 19.6 Å². The van der Waals surface area contributed by atoms with E-state index in [1.807, 2.05) is 0 Å². The third-order valence-corrected chi connectivity index (χ3v) is 5.30. The zero-order chi connectivity index (χ0) is 13.1. The van der Waals surface area contributed by atoms with E-state index in [4.69, 9.17) is 4.74 Å². The van der Waals surface area contributed by atoms with Crippen molar-refractivity contribution in [1.29, 1.82) is 0 Å². The maximum absolute atomic E-state index is 10.9. The van der Waals surface area contributed by atoms with Crippen molar-refractivity contribution in [3.8, 4) is 0 Å². The number of likely N-dealkylation sites (tertiary alicyclic amines) is 1. The molecule has 0 amide bonds. The van der Waals surface area contributed by atoms with Crippen molar-refractivity contribution >= 4 is 6.29 Å². The average Bonchev–Trinajstić information content (AvgIpc) is 2.82. The van der Waals surface area contributed by atoms with E-state index in [2.05, 4.69) is 4.90 Å². The quantitative estimate of drug-likeness (QED) is 0.735. The molecule has 0 aromatic carbocycles. The summed E-state index contributed by atoms with van der Waals surface area (Å²) in [4.78, 5) is 13.4. The molecule has 1 spiro atoms. The van der Waals surface area contributed by atoms with Crippen molar-refractivity contribution < 1.29 is 9.53 Å². The number of aldehydes is 1. The molecule has 0 aromatic heterocycles. The van der Waals surface area contributed by atoms with Gasteiger partial charge in [0.2, 0.25) is 0 Å². The minimum absolute atomic E-state index is 0.239. The van der Waals surface area contributed by atoms with Crippen molar-refractivity contribution in [2.24, 2.45) is 5.92 Å². The number of piperidine rings is 1. The standard InChI is InChI=1S/C16H27NO2/c18-13-14-5-4-10-17(11-14)12-15-6-9-16(19-15)7-2-1-3-8-16/h13-15H,1-12H2. The lowest BCUT2D eigenvalue weighted by Gasteiger charge is -2.35. The second-order valence-electron chi connectivity index (χ2n) is 6.82. The molecule has 19 heavy (non-hydrogen) atoms. The topological polar surface area (TPSA) is 29.5 Å². The van der Waals surface area contributed by atoms with E-state index in [9.17, 15) is 4.79 Å². The smallest absolute Gasteiger partial charge is 0.124 e. The molecular formula is C16H27NO2. The molecule has 3 heteroatoms. The second-order valence-corrected chi connectivity index (χ2v) is 6.82. The van der Waals surface area contributed by atoms with Gasteiger partial charge in [-0.05, 0) is 45.1 Å². The maximum Gasteiger partial charge on any atom is 0.124 e. The first kappa shape index (κ1) is 13.6. The minimum atomic E-state index is 0.239. The fraction of sp³-hybridized carbons (Fsp3) is 0.938. The molecule has 0 radical (unpaired) electrons. The Bertz CT molecular complexity index is 312. The highest BCUT2D eigenvalue weighted by molar-refractivity contribution is 5.53. The van der Waals surface area contributed by atoms with Crippen LogP contribution in [0, 0.1) is 5.92 Å². The van der Waals surface area contributed by atoms with Crippen molar-refractivity contribution in [1.82, 2.24) is 4.90 Å². The highest BCUT2D eigenvalue weighted by atomic mass is 16.5. The Kier molecular flexibility index (Phi) is 4.23. The molecule has 2 unspecified atom stereocenters. The summed E-state index contributed by atoms with van der Waals surface area (Å²) in [5.74, 6) is 0.263. The molecule has 3 nitrogen and oxygen atoms in total. The molecule has 1 aliphatic carbocycles. The lowest BCUT2D eigenvalue weighted by atomic mass is 9.83. The van der Waals surface area contributed by atoms with Crippen LogP contribution < -0.4 is 0 Å². The first-order valence-corrected chi connectivity index (χ1v) is 8.15. The Hall–Kier alpha value is -0.410. The molecule has 3 aliphatic rings. The third kappa shape index (κ3) is 3.19. The molecule has 0 N–H and O–H groups in total. The van der Waals surface area contributed by atoms with Crippen LogP contribution in [0.15, 0.2) is 0 Å². The van der Waals surface area contributed by atoms with Gasteiger partial charge in [-0.2, -0.15) is 0 Å². The maximum atomic E-state index is 10.9. The van der Waals surface area contributed by atoms with Crippen molar-refractivity contribution in [2.45, 2.75) is 69.5 Å². The molecule has 2 aliphatic heterocycles. The van der Waals surface area contributed by atoms with E-state index in [1.165, 1.54) is 51.4 Å². The molecular weight excluding hydrogens is 238 g/mol. The van der Waals surface area contributed by atoms with E-state index in [0.29, 0.717) is 6.10 Å². The Labute approximate surface area is 116 Å². The van der Waals surface area contributed by atoms with Gasteiger partial charge >= 0.3 is 0 Å². The summed E-state index contributed by atoms with van der Waals surface area (Å²) >= 11 is 0. The Morgan fingerprint density at radius 2 is 1.95 bits per heavy atom. The normalized spacial score (nSPS) is 35.6. The summed E-state index contributed by atoms with van der Waals surface area (Å²) in [6, 6.07) is 0. The van der Waals surface area contributed by atoms with Gasteiger partial charge in [-0.25, -0.2) is 0 Å². The van der Waals surface area contributed by atoms with Crippen LogP contribution in [0.1, 0.15) is 57.8 Å². The monoisotopic (exact) mass is 265 g/mol. The third-order valence-electron chi connectivity index (χ3n) is 5.30. The summed E-state index contributed by atoms with van der Waals surface area (Å²) in [6.45, 7) is 3.15. The molecule has 2 atom stereocenters. The molecule has 3 fully saturated rings. The number of carbonyl (C=O) groups is 1. The van der Waals surface area contributed by atoms with E-state index < -0.39 is 0 Å². The van der Waals surface area contributed by atoms with Crippen LogP contribution in [0.3, 0.4) is 0 Å². The second kappa shape index (κ2) is 5.92. The van der Waals surface area contributed by atoms with Gasteiger partial charge in [0.05, 0.1) is 11.7 Å². The molecule has 108 valence electrons. The SMILES string of the molecule is O=CC1CCCN(CC2CCC3(CCCCC3)O2)C1.